The molecule has 2 rings (SSSR count). The summed E-state index contributed by atoms with van der Waals surface area (Å²) in [4.78, 5) is 24.2. The summed E-state index contributed by atoms with van der Waals surface area (Å²) in [5, 5.41) is 0.405. The first kappa shape index (κ1) is 17.8. The van der Waals surface area contributed by atoms with Crippen molar-refractivity contribution in [2.45, 2.75) is 20.3 Å². The van der Waals surface area contributed by atoms with Gasteiger partial charge in [-0.2, -0.15) is 0 Å². The molecule has 0 aliphatic carbocycles. The van der Waals surface area contributed by atoms with Crippen molar-refractivity contribution in [3.05, 3.63) is 63.7 Å². The van der Waals surface area contributed by atoms with Crippen molar-refractivity contribution in [3.8, 4) is 5.75 Å². The highest BCUT2D eigenvalue weighted by atomic mass is 35.5. The van der Waals surface area contributed by atoms with Crippen molar-refractivity contribution in [1.29, 1.82) is 0 Å². The first-order valence-corrected chi connectivity index (χ1v) is 7.77. The van der Waals surface area contributed by atoms with Crippen LogP contribution in [0.2, 0.25) is 5.02 Å². The van der Waals surface area contributed by atoms with Crippen LogP contribution in [0.25, 0.3) is 0 Å². The van der Waals surface area contributed by atoms with Gasteiger partial charge in [-0.1, -0.05) is 29.8 Å². The second-order valence-corrected chi connectivity index (χ2v) is 5.88. The molecule has 24 heavy (non-hydrogen) atoms. The Bertz CT molecular complexity index is 775. The average Bonchev–Trinajstić information content (AvgIpc) is 2.56. The van der Waals surface area contributed by atoms with E-state index in [1.807, 2.05) is 32.0 Å². The second-order valence-electron chi connectivity index (χ2n) is 5.44. The normalized spacial score (nSPS) is 10.2. The standard InChI is InChI=1S/C18H19ClN2O3/c1-11-4-5-13(8-12(11)2)9-17(22)20-21-18(23)15-10-14(19)6-7-16(15)24-3/h4-8,10H,9H2,1-3H3,(H,20,22)(H,21,23). The highest BCUT2D eigenvalue weighted by Crippen LogP contribution is 2.22. The number of nitrogens with one attached hydrogen (secondary N) is 2. The maximum Gasteiger partial charge on any atom is 0.273 e. The van der Waals surface area contributed by atoms with Gasteiger partial charge in [-0.25, -0.2) is 0 Å². The van der Waals surface area contributed by atoms with Crippen molar-refractivity contribution >= 4 is 23.4 Å². The van der Waals surface area contributed by atoms with E-state index in [2.05, 4.69) is 10.9 Å². The molecule has 0 aliphatic rings. The number of halogens is 1. The number of hydrazine groups is 1. The van der Waals surface area contributed by atoms with Crippen LogP contribution in [0.5, 0.6) is 5.75 Å². The van der Waals surface area contributed by atoms with E-state index >= 15 is 0 Å². The van der Waals surface area contributed by atoms with Crippen molar-refractivity contribution in [3.63, 3.8) is 0 Å². The van der Waals surface area contributed by atoms with E-state index in [1.54, 1.807) is 12.1 Å². The number of benzene rings is 2. The van der Waals surface area contributed by atoms with Crippen LogP contribution < -0.4 is 15.6 Å². The monoisotopic (exact) mass is 346 g/mol. The molecule has 0 saturated carbocycles. The molecule has 0 radical (unpaired) electrons. The van der Waals surface area contributed by atoms with Crippen LogP contribution in [0.1, 0.15) is 27.0 Å². The van der Waals surface area contributed by atoms with Gasteiger partial charge in [0.1, 0.15) is 5.75 Å². The van der Waals surface area contributed by atoms with Gasteiger partial charge in [0, 0.05) is 5.02 Å². The zero-order valence-corrected chi connectivity index (χ0v) is 14.5. The van der Waals surface area contributed by atoms with Gasteiger partial charge in [-0.3, -0.25) is 20.4 Å². The number of hydrogen-bond acceptors (Lipinski definition) is 3. The summed E-state index contributed by atoms with van der Waals surface area (Å²) in [6.45, 7) is 4.00. The lowest BCUT2D eigenvalue weighted by molar-refractivity contribution is -0.121. The molecular weight excluding hydrogens is 328 g/mol. The van der Waals surface area contributed by atoms with Gasteiger partial charge in [0.05, 0.1) is 19.1 Å². The quantitative estimate of drug-likeness (QED) is 0.836. The zero-order valence-electron chi connectivity index (χ0n) is 13.8. The molecule has 0 atom stereocenters. The summed E-state index contributed by atoms with van der Waals surface area (Å²) in [5.41, 5.74) is 8.18. The van der Waals surface area contributed by atoms with E-state index in [0.29, 0.717) is 10.8 Å². The Kier molecular flexibility index (Phi) is 5.82. The minimum Gasteiger partial charge on any atom is -0.496 e. The van der Waals surface area contributed by atoms with Gasteiger partial charge in [0.25, 0.3) is 5.91 Å². The number of carbonyl (C=O) groups is 2. The van der Waals surface area contributed by atoms with E-state index in [4.69, 9.17) is 16.3 Å². The summed E-state index contributed by atoms with van der Waals surface area (Å²) in [6, 6.07) is 10.5. The topological polar surface area (TPSA) is 67.4 Å². The Labute approximate surface area is 145 Å². The number of carbonyl (C=O) groups excluding carboxylic acids is 2. The van der Waals surface area contributed by atoms with Crippen LogP contribution in [-0.2, 0) is 11.2 Å². The molecule has 0 spiro atoms. The first-order valence-electron chi connectivity index (χ1n) is 7.39. The highest BCUT2D eigenvalue weighted by Gasteiger charge is 2.14. The fraction of sp³-hybridized carbons (Fsp3) is 0.222. The Hall–Kier alpha value is -2.53. The predicted molar refractivity (Wildman–Crippen MR) is 93.2 cm³/mol. The van der Waals surface area contributed by atoms with Gasteiger partial charge < -0.3 is 4.74 Å². The second kappa shape index (κ2) is 7.84. The summed E-state index contributed by atoms with van der Waals surface area (Å²) in [5.74, 6) is -0.435. The van der Waals surface area contributed by atoms with Crippen LogP contribution in [0.15, 0.2) is 36.4 Å². The van der Waals surface area contributed by atoms with Gasteiger partial charge in [-0.05, 0) is 48.7 Å². The molecule has 5 nitrogen and oxygen atoms in total. The summed E-state index contributed by atoms with van der Waals surface area (Å²) < 4.78 is 5.12. The molecule has 0 fully saturated rings. The predicted octanol–water partition coefficient (Wildman–Crippen LogP) is 2.97. The molecule has 6 heteroatoms. The third kappa shape index (κ3) is 4.49. The molecule has 0 aliphatic heterocycles. The number of ether oxygens (including phenoxy) is 1. The SMILES string of the molecule is COc1ccc(Cl)cc1C(=O)NNC(=O)Cc1ccc(C)c(C)c1. The third-order valence-electron chi connectivity index (χ3n) is 3.66. The fourth-order valence-corrected chi connectivity index (χ4v) is 2.37. The average molecular weight is 347 g/mol. The maximum absolute atomic E-state index is 12.2. The minimum atomic E-state index is -0.497. The van der Waals surface area contributed by atoms with E-state index in [0.717, 1.165) is 11.1 Å². The van der Waals surface area contributed by atoms with E-state index < -0.39 is 5.91 Å². The Morgan fingerprint density at radius 2 is 1.79 bits per heavy atom. The molecule has 2 aromatic carbocycles. The number of hydrogen-bond donors (Lipinski definition) is 2. The fourth-order valence-electron chi connectivity index (χ4n) is 2.19. The number of amides is 2. The lowest BCUT2D eigenvalue weighted by Gasteiger charge is -2.11. The molecular formula is C18H19ClN2O3. The van der Waals surface area contributed by atoms with Crippen molar-refractivity contribution in [1.82, 2.24) is 10.9 Å². The van der Waals surface area contributed by atoms with E-state index in [1.165, 1.54) is 18.7 Å². The van der Waals surface area contributed by atoms with Crippen LogP contribution >= 0.6 is 11.6 Å². The summed E-state index contributed by atoms with van der Waals surface area (Å²) in [7, 11) is 1.46. The molecule has 2 N–H and O–H groups in total. The lowest BCUT2D eigenvalue weighted by Crippen LogP contribution is -2.42. The van der Waals surface area contributed by atoms with Crippen LogP contribution in [0, 0.1) is 13.8 Å². The molecule has 0 unspecified atom stereocenters. The number of rotatable bonds is 4. The molecule has 0 heterocycles. The Morgan fingerprint density at radius 3 is 2.46 bits per heavy atom. The number of methoxy groups -OCH3 is 1. The van der Waals surface area contributed by atoms with Crippen LogP contribution in [0.4, 0.5) is 0 Å². The highest BCUT2D eigenvalue weighted by molar-refractivity contribution is 6.31. The molecule has 126 valence electrons. The molecule has 2 amide bonds. The summed E-state index contributed by atoms with van der Waals surface area (Å²) in [6.07, 6.45) is 0.175. The van der Waals surface area contributed by atoms with Crippen LogP contribution in [0.3, 0.4) is 0 Å². The molecule has 0 bridgehead atoms. The van der Waals surface area contributed by atoms with Gasteiger partial charge in [0.2, 0.25) is 5.91 Å². The molecule has 0 saturated heterocycles. The lowest BCUT2D eigenvalue weighted by atomic mass is 10.0. The maximum atomic E-state index is 12.2. The van der Waals surface area contributed by atoms with Crippen molar-refractivity contribution in [2.24, 2.45) is 0 Å². The van der Waals surface area contributed by atoms with Crippen molar-refractivity contribution < 1.29 is 14.3 Å². The third-order valence-corrected chi connectivity index (χ3v) is 3.89. The molecule has 2 aromatic rings. The Balaban J connectivity index is 1.97. The van der Waals surface area contributed by atoms with Gasteiger partial charge in [0.15, 0.2) is 0 Å². The smallest absolute Gasteiger partial charge is 0.273 e. The number of aryl methyl sites for hydroxylation is 2. The summed E-state index contributed by atoms with van der Waals surface area (Å²) >= 11 is 5.89. The minimum absolute atomic E-state index is 0.175. The largest absolute Gasteiger partial charge is 0.496 e. The zero-order chi connectivity index (χ0) is 17.7. The van der Waals surface area contributed by atoms with Crippen molar-refractivity contribution in [2.75, 3.05) is 7.11 Å². The van der Waals surface area contributed by atoms with Gasteiger partial charge >= 0.3 is 0 Å². The molecule has 0 aromatic heterocycles. The Morgan fingerprint density at radius 1 is 1.04 bits per heavy atom. The van der Waals surface area contributed by atoms with Gasteiger partial charge in [-0.15, -0.1) is 0 Å². The van der Waals surface area contributed by atoms with E-state index in [9.17, 15) is 9.59 Å². The first-order chi connectivity index (χ1) is 11.4. The van der Waals surface area contributed by atoms with Crippen LogP contribution in [-0.4, -0.2) is 18.9 Å². The van der Waals surface area contributed by atoms with E-state index in [-0.39, 0.29) is 17.9 Å².